The summed E-state index contributed by atoms with van der Waals surface area (Å²) in [6, 6.07) is 7.15. The van der Waals surface area contributed by atoms with Crippen molar-refractivity contribution in [2.75, 3.05) is 6.61 Å². The summed E-state index contributed by atoms with van der Waals surface area (Å²) >= 11 is 0. The molecule has 92 valence electrons. The number of benzene rings is 1. The first-order valence-corrected chi connectivity index (χ1v) is 5.73. The van der Waals surface area contributed by atoms with Gasteiger partial charge in [0.15, 0.2) is 6.61 Å². The van der Waals surface area contributed by atoms with Crippen LogP contribution >= 0.6 is 0 Å². The van der Waals surface area contributed by atoms with E-state index in [4.69, 9.17) is 14.4 Å². The van der Waals surface area contributed by atoms with E-state index in [-0.39, 0.29) is 12.2 Å². The molecule has 1 heterocycles. The molecule has 0 radical (unpaired) electrons. The Morgan fingerprint density at radius 3 is 2.89 bits per heavy atom. The van der Waals surface area contributed by atoms with E-state index in [1.807, 2.05) is 26.0 Å². The number of rotatable bonds is 3. The van der Waals surface area contributed by atoms with Gasteiger partial charge in [0.25, 0.3) is 0 Å². The zero-order valence-corrected chi connectivity index (χ0v) is 10.3. The van der Waals surface area contributed by atoms with Gasteiger partial charge >= 0.3 is 5.63 Å². The Kier molecular flexibility index (Phi) is 3.33. The Hall–Kier alpha value is -2.28. The van der Waals surface area contributed by atoms with Crippen LogP contribution in [0, 0.1) is 18.3 Å². The van der Waals surface area contributed by atoms with Crippen LogP contribution in [0.15, 0.2) is 27.4 Å². The van der Waals surface area contributed by atoms with Crippen LogP contribution in [0.1, 0.15) is 18.1 Å². The molecule has 0 aliphatic rings. The summed E-state index contributed by atoms with van der Waals surface area (Å²) in [5.74, 6) is 0.524. The summed E-state index contributed by atoms with van der Waals surface area (Å²) < 4.78 is 10.4. The van der Waals surface area contributed by atoms with E-state index in [1.54, 1.807) is 12.1 Å². The lowest BCUT2D eigenvalue weighted by atomic mass is 10.0. The van der Waals surface area contributed by atoms with Gasteiger partial charge in [-0.2, -0.15) is 5.26 Å². The highest BCUT2D eigenvalue weighted by Crippen LogP contribution is 2.24. The van der Waals surface area contributed by atoms with Gasteiger partial charge in [0.1, 0.15) is 17.4 Å². The SMILES string of the molecule is CCc1c(C)c2ccc(OCC#N)cc2oc1=O. The highest BCUT2D eigenvalue weighted by atomic mass is 16.5. The number of hydrogen-bond donors (Lipinski definition) is 0. The fourth-order valence-electron chi connectivity index (χ4n) is 1.99. The lowest BCUT2D eigenvalue weighted by Gasteiger charge is -2.07. The van der Waals surface area contributed by atoms with Gasteiger partial charge in [0.2, 0.25) is 0 Å². The molecule has 4 nitrogen and oxygen atoms in total. The van der Waals surface area contributed by atoms with Gasteiger partial charge in [-0.05, 0) is 31.0 Å². The van der Waals surface area contributed by atoms with Crippen LogP contribution in [0.4, 0.5) is 0 Å². The maximum Gasteiger partial charge on any atom is 0.339 e. The minimum absolute atomic E-state index is 0.0260. The predicted molar refractivity (Wildman–Crippen MR) is 67.7 cm³/mol. The Bertz CT molecular complexity index is 680. The van der Waals surface area contributed by atoms with Crippen molar-refractivity contribution in [3.63, 3.8) is 0 Å². The zero-order chi connectivity index (χ0) is 13.1. The second-order valence-electron chi connectivity index (χ2n) is 3.95. The van der Waals surface area contributed by atoms with Gasteiger partial charge in [-0.15, -0.1) is 0 Å². The van der Waals surface area contributed by atoms with E-state index in [0.29, 0.717) is 23.3 Å². The average molecular weight is 243 g/mol. The summed E-state index contributed by atoms with van der Waals surface area (Å²) in [6.45, 7) is 3.81. The van der Waals surface area contributed by atoms with E-state index in [9.17, 15) is 4.79 Å². The van der Waals surface area contributed by atoms with Crippen LogP contribution in [0.25, 0.3) is 11.0 Å². The molecule has 0 saturated heterocycles. The maximum absolute atomic E-state index is 11.8. The van der Waals surface area contributed by atoms with Gasteiger partial charge in [-0.3, -0.25) is 0 Å². The highest BCUT2D eigenvalue weighted by Gasteiger charge is 2.10. The van der Waals surface area contributed by atoms with E-state index >= 15 is 0 Å². The van der Waals surface area contributed by atoms with Crippen molar-refractivity contribution < 1.29 is 9.15 Å². The largest absolute Gasteiger partial charge is 0.479 e. The molecule has 0 saturated carbocycles. The van der Waals surface area contributed by atoms with E-state index in [0.717, 1.165) is 10.9 Å². The Morgan fingerprint density at radius 1 is 1.44 bits per heavy atom. The third kappa shape index (κ3) is 2.07. The molecular weight excluding hydrogens is 230 g/mol. The molecule has 0 bridgehead atoms. The Balaban J connectivity index is 2.59. The monoisotopic (exact) mass is 243 g/mol. The Morgan fingerprint density at radius 2 is 2.22 bits per heavy atom. The topological polar surface area (TPSA) is 63.2 Å². The predicted octanol–water partition coefficient (Wildman–Crippen LogP) is 2.57. The van der Waals surface area contributed by atoms with Crippen LogP contribution < -0.4 is 10.4 Å². The second kappa shape index (κ2) is 4.92. The van der Waals surface area contributed by atoms with Gasteiger partial charge in [-0.1, -0.05) is 6.92 Å². The lowest BCUT2D eigenvalue weighted by Crippen LogP contribution is -2.09. The molecule has 0 amide bonds. The molecule has 0 aliphatic heterocycles. The lowest BCUT2D eigenvalue weighted by molar-refractivity contribution is 0.368. The molecule has 1 aromatic heterocycles. The fraction of sp³-hybridized carbons (Fsp3) is 0.286. The molecule has 1 aromatic carbocycles. The zero-order valence-electron chi connectivity index (χ0n) is 10.3. The summed E-state index contributed by atoms with van der Waals surface area (Å²) in [4.78, 5) is 11.8. The molecule has 0 aliphatic carbocycles. The Labute approximate surface area is 104 Å². The minimum atomic E-state index is -0.306. The second-order valence-corrected chi connectivity index (χ2v) is 3.95. The number of aryl methyl sites for hydroxylation is 1. The van der Waals surface area contributed by atoms with Crippen molar-refractivity contribution in [1.82, 2.24) is 0 Å². The van der Waals surface area contributed by atoms with Crippen molar-refractivity contribution in [1.29, 1.82) is 5.26 Å². The van der Waals surface area contributed by atoms with Crippen molar-refractivity contribution in [2.45, 2.75) is 20.3 Å². The van der Waals surface area contributed by atoms with Crippen LogP contribution in [-0.2, 0) is 6.42 Å². The van der Waals surface area contributed by atoms with Gasteiger partial charge in [0, 0.05) is 17.0 Å². The molecule has 18 heavy (non-hydrogen) atoms. The summed E-state index contributed by atoms with van der Waals surface area (Å²) in [5, 5.41) is 9.35. The van der Waals surface area contributed by atoms with Crippen LogP contribution in [0.5, 0.6) is 5.75 Å². The number of hydrogen-bond acceptors (Lipinski definition) is 4. The molecule has 0 N–H and O–H groups in total. The smallest absolute Gasteiger partial charge is 0.339 e. The first kappa shape index (κ1) is 12.2. The van der Waals surface area contributed by atoms with Crippen LogP contribution in [0.3, 0.4) is 0 Å². The van der Waals surface area contributed by atoms with E-state index in [1.165, 1.54) is 0 Å². The number of nitrogens with zero attached hydrogens (tertiary/aromatic N) is 1. The standard InChI is InChI=1S/C14H13NO3/c1-3-11-9(2)12-5-4-10(17-7-6-15)8-13(12)18-14(11)16/h4-5,8H,3,7H2,1-2H3. The summed E-state index contributed by atoms with van der Waals surface area (Å²) in [7, 11) is 0. The molecule has 2 rings (SSSR count). The normalized spacial score (nSPS) is 10.3. The third-order valence-electron chi connectivity index (χ3n) is 2.92. The summed E-state index contributed by atoms with van der Waals surface area (Å²) in [6.07, 6.45) is 0.650. The average Bonchev–Trinajstić information content (AvgIpc) is 2.36. The molecule has 0 fully saturated rings. The minimum Gasteiger partial charge on any atom is -0.479 e. The van der Waals surface area contributed by atoms with Gasteiger partial charge in [-0.25, -0.2) is 4.79 Å². The van der Waals surface area contributed by atoms with E-state index < -0.39 is 0 Å². The van der Waals surface area contributed by atoms with Crippen LogP contribution in [0.2, 0.25) is 0 Å². The van der Waals surface area contributed by atoms with Crippen LogP contribution in [-0.4, -0.2) is 6.61 Å². The third-order valence-corrected chi connectivity index (χ3v) is 2.92. The molecule has 2 aromatic rings. The highest BCUT2D eigenvalue weighted by molar-refractivity contribution is 5.82. The van der Waals surface area contributed by atoms with Gasteiger partial charge < -0.3 is 9.15 Å². The van der Waals surface area contributed by atoms with Crippen molar-refractivity contribution >= 4 is 11.0 Å². The summed E-state index contributed by atoms with van der Waals surface area (Å²) in [5.41, 5.74) is 1.83. The maximum atomic E-state index is 11.8. The molecule has 4 heteroatoms. The van der Waals surface area contributed by atoms with Crippen molar-refractivity contribution in [2.24, 2.45) is 0 Å². The molecule has 0 unspecified atom stereocenters. The molecular formula is C14H13NO3. The van der Waals surface area contributed by atoms with Gasteiger partial charge in [0.05, 0.1) is 0 Å². The number of nitriles is 1. The molecule has 0 atom stereocenters. The van der Waals surface area contributed by atoms with Crippen molar-refractivity contribution in [3.05, 3.63) is 39.7 Å². The first-order chi connectivity index (χ1) is 8.67. The van der Waals surface area contributed by atoms with Crippen molar-refractivity contribution in [3.8, 4) is 11.8 Å². The fourth-order valence-corrected chi connectivity index (χ4v) is 1.99. The van der Waals surface area contributed by atoms with E-state index in [2.05, 4.69) is 0 Å². The number of ether oxygens (including phenoxy) is 1. The quantitative estimate of drug-likeness (QED) is 0.777. The number of fused-ring (bicyclic) bond motifs is 1. The first-order valence-electron chi connectivity index (χ1n) is 5.73. The molecule has 0 spiro atoms.